The molecule has 0 saturated heterocycles. The number of rotatable bonds is 6. The summed E-state index contributed by atoms with van der Waals surface area (Å²) in [6.45, 7) is 0.280. The number of halogens is 2. The van der Waals surface area contributed by atoms with Crippen molar-refractivity contribution < 1.29 is 22.7 Å². The highest BCUT2D eigenvalue weighted by atomic mass is 35.7. The number of methoxy groups -OCH3 is 1. The molecule has 0 atom stereocenters. The van der Waals surface area contributed by atoms with Crippen molar-refractivity contribution in [3.8, 4) is 5.75 Å². The predicted molar refractivity (Wildman–Crippen MR) is 78.7 cm³/mol. The standard InChI is InChI=1S/C13H14Cl2O5S/c1-19-12-10(13(16)20-5-4-8-2-3-8)6-9(14)7-11(12)21(15,17)18/h6-8H,2-5H2,1H3. The van der Waals surface area contributed by atoms with Gasteiger partial charge in [-0.3, -0.25) is 0 Å². The zero-order valence-corrected chi connectivity index (χ0v) is 13.6. The van der Waals surface area contributed by atoms with Gasteiger partial charge in [0.25, 0.3) is 9.05 Å². The van der Waals surface area contributed by atoms with Gasteiger partial charge in [0.15, 0.2) is 5.75 Å². The number of carbonyl (C=O) groups is 1. The van der Waals surface area contributed by atoms with E-state index in [1.807, 2.05) is 0 Å². The van der Waals surface area contributed by atoms with Crippen LogP contribution < -0.4 is 4.74 Å². The van der Waals surface area contributed by atoms with Crippen molar-refractivity contribution in [2.45, 2.75) is 24.2 Å². The number of ether oxygens (including phenoxy) is 2. The van der Waals surface area contributed by atoms with E-state index in [9.17, 15) is 13.2 Å². The normalized spacial score (nSPS) is 14.8. The molecule has 0 spiro atoms. The minimum Gasteiger partial charge on any atom is -0.494 e. The van der Waals surface area contributed by atoms with Gasteiger partial charge in [-0.15, -0.1) is 0 Å². The van der Waals surface area contributed by atoms with Gasteiger partial charge in [-0.1, -0.05) is 24.4 Å². The molecular formula is C13H14Cl2O5S. The molecule has 8 heteroatoms. The fourth-order valence-electron chi connectivity index (χ4n) is 1.91. The highest BCUT2D eigenvalue weighted by Crippen LogP contribution is 2.35. The summed E-state index contributed by atoms with van der Waals surface area (Å²) < 4.78 is 33.2. The molecule has 0 amide bonds. The second-order valence-corrected chi connectivity index (χ2v) is 7.76. The molecule has 1 saturated carbocycles. The molecule has 21 heavy (non-hydrogen) atoms. The molecule has 1 aliphatic rings. The van der Waals surface area contributed by atoms with Crippen molar-refractivity contribution in [2.75, 3.05) is 13.7 Å². The molecule has 0 bridgehead atoms. The molecule has 0 aliphatic heterocycles. The Morgan fingerprint density at radius 3 is 2.57 bits per heavy atom. The molecule has 0 N–H and O–H groups in total. The van der Waals surface area contributed by atoms with Gasteiger partial charge >= 0.3 is 5.97 Å². The van der Waals surface area contributed by atoms with Crippen LogP contribution in [0.1, 0.15) is 29.6 Å². The number of esters is 1. The molecular weight excluding hydrogens is 339 g/mol. The first kappa shape index (κ1) is 16.4. The Hall–Kier alpha value is -0.980. The zero-order valence-electron chi connectivity index (χ0n) is 11.3. The lowest BCUT2D eigenvalue weighted by Crippen LogP contribution is -2.10. The number of benzene rings is 1. The molecule has 116 valence electrons. The maximum atomic E-state index is 12.1. The quantitative estimate of drug-likeness (QED) is 0.580. The molecule has 2 rings (SSSR count). The van der Waals surface area contributed by atoms with Crippen molar-refractivity contribution in [1.29, 1.82) is 0 Å². The first-order valence-electron chi connectivity index (χ1n) is 6.32. The molecule has 1 aromatic rings. The lowest BCUT2D eigenvalue weighted by atomic mass is 10.2. The van der Waals surface area contributed by atoms with Gasteiger partial charge in [0, 0.05) is 15.7 Å². The second kappa shape index (κ2) is 6.42. The third kappa shape index (κ3) is 4.25. The lowest BCUT2D eigenvalue weighted by Gasteiger charge is -2.12. The topological polar surface area (TPSA) is 69.7 Å². The number of carbonyl (C=O) groups excluding carboxylic acids is 1. The van der Waals surface area contributed by atoms with Crippen molar-refractivity contribution in [2.24, 2.45) is 5.92 Å². The van der Waals surface area contributed by atoms with Crippen LogP contribution in [0.25, 0.3) is 0 Å². The molecule has 0 unspecified atom stereocenters. The Labute approximate surface area is 132 Å². The summed E-state index contributed by atoms with van der Waals surface area (Å²) in [5, 5.41) is 0.0594. The average molecular weight is 353 g/mol. The molecule has 0 aromatic heterocycles. The van der Waals surface area contributed by atoms with Crippen LogP contribution in [0.15, 0.2) is 17.0 Å². The Morgan fingerprint density at radius 1 is 1.38 bits per heavy atom. The van der Waals surface area contributed by atoms with Crippen LogP contribution in [-0.2, 0) is 13.8 Å². The maximum absolute atomic E-state index is 12.1. The Balaban J connectivity index is 2.28. The summed E-state index contributed by atoms with van der Waals surface area (Å²) in [7, 11) is 2.48. The molecule has 5 nitrogen and oxygen atoms in total. The second-order valence-electron chi connectivity index (χ2n) is 4.79. The van der Waals surface area contributed by atoms with Crippen molar-refractivity contribution >= 4 is 37.3 Å². The predicted octanol–water partition coefficient (Wildman–Crippen LogP) is 3.23. The largest absolute Gasteiger partial charge is 0.494 e. The van der Waals surface area contributed by atoms with Gasteiger partial charge in [0.2, 0.25) is 0 Å². The van der Waals surface area contributed by atoms with Gasteiger partial charge < -0.3 is 9.47 Å². The van der Waals surface area contributed by atoms with Crippen LogP contribution in [0.3, 0.4) is 0 Å². The summed E-state index contributed by atoms with van der Waals surface area (Å²) in [5.41, 5.74) is -0.0555. The van der Waals surface area contributed by atoms with E-state index in [1.165, 1.54) is 13.2 Å². The van der Waals surface area contributed by atoms with Gasteiger partial charge in [-0.2, -0.15) is 0 Å². The third-order valence-corrected chi connectivity index (χ3v) is 4.71. The molecule has 0 heterocycles. The Bertz CT molecular complexity index is 653. The van der Waals surface area contributed by atoms with Gasteiger partial charge in [-0.25, -0.2) is 13.2 Å². The van der Waals surface area contributed by atoms with E-state index in [0.29, 0.717) is 5.92 Å². The zero-order chi connectivity index (χ0) is 15.6. The first-order chi connectivity index (χ1) is 9.82. The van der Waals surface area contributed by atoms with Crippen LogP contribution in [-0.4, -0.2) is 28.1 Å². The SMILES string of the molecule is COc1c(C(=O)OCCC2CC2)cc(Cl)cc1S(=O)(=O)Cl. The highest BCUT2D eigenvalue weighted by molar-refractivity contribution is 8.13. The monoisotopic (exact) mass is 352 g/mol. The van der Waals surface area contributed by atoms with E-state index in [0.717, 1.165) is 25.3 Å². The maximum Gasteiger partial charge on any atom is 0.342 e. The molecule has 0 radical (unpaired) electrons. The molecule has 1 fully saturated rings. The van der Waals surface area contributed by atoms with Crippen LogP contribution in [0.2, 0.25) is 5.02 Å². The smallest absolute Gasteiger partial charge is 0.342 e. The minimum atomic E-state index is -4.09. The average Bonchev–Trinajstić information content (AvgIpc) is 3.20. The number of hydrogen-bond acceptors (Lipinski definition) is 5. The number of hydrogen-bond donors (Lipinski definition) is 0. The van der Waals surface area contributed by atoms with E-state index in [-0.39, 0.29) is 27.8 Å². The van der Waals surface area contributed by atoms with Crippen molar-refractivity contribution in [3.63, 3.8) is 0 Å². The highest BCUT2D eigenvalue weighted by Gasteiger charge is 2.26. The summed E-state index contributed by atoms with van der Waals surface area (Å²) in [6.07, 6.45) is 3.12. The fourth-order valence-corrected chi connectivity index (χ4v) is 3.22. The third-order valence-electron chi connectivity index (χ3n) is 3.16. The van der Waals surface area contributed by atoms with Crippen LogP contribution >= 0.6 is 22.3 Å². The van der Waals surface area contributed by atoms with Crippen LogP contribution in [0.5, 0.6) is 5.75 Å². The van der Waals surface area contributed by atoms with E-state index in [2.05, 4.69) is 0 Å². The van der Waals surface area contributed by atoms with Crippen molar-refractivity contribution in [1.82, 2.24) is 0 Å². The summed E-state index contributed by atoms with van der Waals surface area (Å²) in [4.78, 5) is 11.7. The Kier molecular flexibility index (Phi) is 5.01. The van der Waals surface area contributed by atoms with E-state index in [1.54, 1.807) is 0 Å². The van der Waals surface area contributed by atoms with Gasteiger partial charge in [-0.05, 0) is 24.5 Å². The van der Waals surface area contributed by atoms with Crippen molar-refractivity contribution in [3.05, 3.63) is 22.7 Å². The van der Waals surface area contributed by atoms with Gasteiger partial charge in [0.1, 0.15) is 10.5 Å². The summed E-state index contributed by atoms with van der Waals surface area (Å²) in [6, 6.07) is 2.43. The van der Waals surface area contributed by atoms with Crippen LogP contribution in [0, 0.1) is 5.92 Å². The van der Waals surface area contributed by atoms with E-state index >= 15 is 0 Å². The van der Waals surface area contributed by atoms with E-state index in [4.69, 9.17) is 31.8 Å². The Morgan fingerprint density at radius 2 is 2.05 bits per heavy atom. The minimum absolute atomic E-state index is 0.0555. The summed E-state index contributed by atoms with van der Waals surface area (Å²) in [5.74, 6) is -0.222. The van der Waals surface area contributed by atoms with Gasteiger partial charge in [0.05, 0.1) is 13.7 Å². The summed E-state index contributed by atoms with van der Waals surface area (Å²) >= 11 is 5.84. The first-order valence-corrected chi connectivity index (χ1v) is 9.01. The fraction of sp³-hybridized carbons (Fsp3) is 0.462. The molecule has 1 aliphatic carbocycles. The molecule has 1 aromatic carbocycles. The van der Waals surface area contributed by atoms with Crippen LogP contribution in [0.4, 0.5) is 0 Å². The van der Waals surface area contributed by atoms with E-state index < -0.39 is 15.0 Å². The lowest BCUT2D eigenvalue weighted by molar-refractivity contribution is 0.0490.